The minimum absolute atomic E-state index is 0.630. The van der Waals surface area contributed by atoms with Crippen LogP contribution in [0.2, 0.25) is 0 Å². The summed E-state index contributed by atoms with van der Waals surface area (Å²) in [7, 11) is 3.81. The summed E-state index contributed by atoms with van der Waals surface area (Å²) in [4.78, 5) is 3.09. The molecular formula is C10H10N4S. The normalized spacial score (nSPS) is 10.2. The van der Waals surface area contributed by atoms with Crippen molar-refractivity contribution in [1.82, 2.24) is 9.66 Å². The Labute approximate surface area is 92.3 Å². The lowest BCUT2D eigenvalue weighted by molar-refractivity contribution is 0.742. The number of aromatic nitrogens is 2. The van der Waals surface area contributed by atoms with Crippen LogP contribution >= 0.6 is 12.2 Å². The Morgan fingerprint density at radius 3 is 2.80 bits per heavy atom. The zero-order valence-corrected chi connectivity index (χ0v) is 9.30. The number of hydrogen-bond acceptors (Lipinski definition) is 3. The van der Waals surface area contributed by atoms with Gasteiger partial charge in [-0.2, -0.15) is 5.26 Å². The van der Waals surface area contributed by atoms with Crippen LogP contribution < -0.4 is 5.01 Å². The quantitative estimate of drug-likeness (QED) is 0.742. The van der Waals surface area contributed by atoms with Gasteiger partial charge >= 0.3 is 0 Å². The highest BCUT2D eigenvalue weighted by Crippen LogP contribution is 2.15. The molecule has 0 spiro atoms. The van der Waals surface area contributed by atoms with Gasteiger partial charge in [0.2, 0.25) is 0 Å². The van der Waals surface area contributed by atoms with E-state index < -0.39 is 0 Å². The molecule has 1 aromatic heterocycles. The van der Waals surface area contributed by atoms with Gasteiger partial charge in [0.1, 0.15) is 0 Å². The molecule has 0 bridgehead atoms. The molecule has 0 saturated heterocycles. The van der Waals surface area contributed by atoms with E-state index in [2.05, 4.69) is 11.1 Å². The van der Waals surface area contributed by atoms with E-state index in [0.29, 0.717) is 10.3 Å². The average Bonchev–Trinajstić information content (AvgIpc) is 2.52. The number of nitrogens with one attached hydrogen (secondary N) is 1. The number of aromatic amines is 1. The summed E-state index contributed by atoms with van der Waals surface area (Å²) in [6.07, 6.45) is 0. The Kier molecular flexibility index (Phi) is 2.21. The lowest BCUT2D eigenvalue weighted by Crippen LogP contribution is -2.24. The molecule has 76 valence electrons. The van der Waals surface area contributed by atoms with Gasteiger partial charge in [-0.1, -0.05) is 0 Å². The molecule has 15 heavy (non-hydrogen) atoms. The van der Waals surface area contributed by atoms with Crippen molar-refractivity contribution in [3.63, 3.8) is 0 Å². The Morgan fingerprint density at radius 1 is 1.47 bits per heavy atom. The molecule has 0 aliphatic rings. The Hall–Kier alpha value is -1.80. The summed E-state index contributed by atoms with van der Waals surface area (Å²) in [5.74, 6) is 0. The van der Waals surface area contributed by atoms with Crippen molar-refractivity contribution in [2.24, 2.45) is 0 Å². The van der Waals surface area contributed by atoms with Crippen molar-refractivity contribution in [3.8, 4) is 6.07 Å². The minimum atomic E-state index is 0.630. The molecule has 5 heteroatoms. The van der Waals surface area contributed by atoms with Gasteiger partial charge in [0.15, 0.2) is 4.77 Å². The maximum absolute atomic E-state index is 8.82. The van der Waals surface area contributed by atoms with Crippen LogP contribution in [0.4, 0.5) is 0 Å². The molecule has 0 saturated carbocycles. The van der Waals surface area contributed by atoms with E-state index >= 15 is 0 Å². The third kappa shape index (κ3) is 1.49. The maximum atomic E-state index is 8.82. The SMILES string of the molecule is CN(C)n1c(=S)[nH]c2ccc(C#N)cc21. The number of nitriles is 1. The van der Waals surface area contributed by atoms with Crippen molar-refractivity contribution < 1.29 is 0 Å². The number of fused-ring (bicyclic) bond motifs is 1. The van der Waals surface area contributed by atoms with Gasteiger partial charge in [-0.25, -0.2) is 4.68 Å². The number of imidazole rings is 1. The largest absolute Gasteiger partial charge is 0.329 e. The van der Waals surface area contributed by atoms with Gasteiger partial charge in [-0.05, 0) is 30.4 Å². The van der Waals surface area contributed by atoms with Gasteiger partial charge in [0, 0.05) is 14.1 Å². The van der Waals surface area contributed by atoms with Gasteiger partial charge in [0.25, 0.3) is 0 Å². The fourth-order valence-electron chi connectivity index (χ4n) is 1.56. The fourth-order valence-corrected chi connectivity index (χ4v) is 1.93. The monoisotopic (exact) mass is 218 g/mol. The summed E-state index contributed by atoms with van der Waals surface area (Å²) in [5, 5.41) is 10.7. The summed E-state index contributed by atoms with van der Waals surface area (Å²) >= 11 is 5.19. The van der Waals surface area contributed by atoms with Crippen molar-refractivity contribution in [3.05, 3.63) is 28.5 Å². The molecule has 0 amide bonds. The fraction of sp³-hybridized carbons (Fsp3) is 0.200. The zero-order valence-electron chi connectivity index (χ0n) is 8.48. The van der Waals surface area contributed by atoms with Gasteiger partial charge in [-0.3, -0.25) is 0 Å². The highest BCUT2D eigenvalue weighted by atomic mass is 32.1. The smallest absolute Gasteiger partial charge is 0.197 e. The highest BCUT2D eigenvalue weighted by molar-refractivity contribution is 7.71. The van der Waals surface area contributed by atoms with Crippen molar-refractivity contribution in [2.75, 3.05) is 19.1 Å². The molecule has 1 aromatic carbocycles. The molecule has 1 heterocycles. The van der Waals surface area contributed by atoms with Crippen LogP contribution in [0.3, 0.4) is 0 Å². The first-order chi connectivity index (χ1) is 7.13. The van der Waals surface area contributed by atoms with Crippen molar-refractivity contribution >= 4 is 23.3 Å². The van der Waals surface area contributed by atoms with Crippen LogP contribution in [-0.4, -0.2) is 23.8 Å². The second-order valence-electron chi connectivity index (χ2n) is 3.43. The Bertz CT molecular complexity index is 600. The lowest BCUT2D eigenvalue weighted by atomic mass is 10.2. The highest BCUT2D eigenvalue weighted by Gasteiger charge is 2.06. The number of H-pyrrole nitrogens is 1. The van der Waals surface area contributed by atoms with E-state index in [4.69, 9.17) is 17.5 Å². The average molecular weight is 218 g/mol. The molecule has 2 rings (SSSR count). The predicted molar refractivity (Wildman–Crippen MR) is 61.9 cm³/mol. The van der Waals surface area contributed by atoms with E-state index in [1.54, 1.807) is 6.07 Å². The third-order valence-corrected chi connectivity index (χ3v) is 2.46. The molecule has 0 aliphatic heterocycles. The summed E-state index contributed by atoms with van der Waals surface area (Å²) in [5.41, 5.74) is 2.49. The Balaban J connectivity index is 2.85. The molecular weight excluding hydrogens is 208 g/mol. The van der Waals surface area contributed by atoms with Crippen molar-refractivity contribution in [1.29, 1.82) is 5.26 Å². The molecule has 2 aromatic rings. The number of hydrogen-bond donors (Lipinski definition) is 1. The summed E-state index contributed by atoms with van der Waals surface area (Å²) < 4.78 is 2.48. The molecule has 0 aliphatic carbocycles. The van der Waals surface area contributed by atoms with Crippen molar-refractivity contribution in [2.45, 2.75) is 0 Å². The first kappa shape index (κ1) is 9.74. The number of benzene rings is 1. The lowest BCUT2D eigenvalue weighted by Gasteiger charge is -2.14. The van der Waals surface area contributed by atoms with Crippen LogP contribution in [-0.2, 0) is 0 Å². The summed E-state index contributed by atoms with van der Waals surface area (Å²) in [6.45, 7) is 0. The van der Waals surface area contributed by atoms with Crippen LogP contribution in [0.5, 0.6) is 0 Å². The van der Waals surface area contributed by atoms with E-state index in [1.165, 1.54) is 0 Å². The van der Waals surface area contributed by atoms with Gasteiger partial charge in [0.05, 0.1) is 22.7 Å². The number of rotatable bonds is 1. The van der Waals surface area contributed by atoms with E-state index in [0.717, 1.165) is 11.0 Å². The van der Waals surface area contributed by atoms with Crippen LogP contribution in [0.15, 0.2) is 18.2 Å². The molecule has 0 atom stereocenters. The van der Waals surface area contributed by atoms with E-state index in [9.17, 15) is 0 Å². The first-order valence-corrected chi connectivity index (χ1v) is 4.87. The zero-order chi connectivity index (χ0) is 11.0. The predicted octanol–water partition coefficient (Wildman–Crippen LogP) is 1.77. The minimum Gasteiger partial charge on any atom is -0.329 e. The van der Waals surface area contributed by atoms with E-state index in [1.807, 2.05) is 35.9 Å². The van der Waals surface area contributed by atoms with Crippen LogP contribution in [0.1, 0.15) is 5.56 Å². The van der Waals surface area contributed by atoms with Crippen LogP contribution in [0, 0.1) is 16.1 Å². The molecule has 1 N–H and O–H groups in total. The standard InChI is InChI=1S/C10H10N4S/c1-13(2)14-9-5-7(6-11)3-4-8(9)12-10(14)15/h3-5H,1-2H3,(H,12,15). The van der Waals surface area contributed by atoms with Gasteiger partial charge in [-0.15, -0.1) is 0 Å². The first-order valence-electron chi connectivity index (χ1n) is 4.46. The topological polar surface area (TPSA) is 47.8 Å². The molecule has 0 radical (unpaired) electrons. The second kappa shape index (κ2) is 3.41. The maximum Gasteiger partial charge on any atom is 0.197 e. The number of nitrogens with zero attached hydrogens (tertiary/aromatic N) is 3. The molecule has 4 nitrogen and oxygen atoms in total. The molecule has 0 fully saturated rings. The summed E-state index contributed by atoms with van der Waals surface area (Å²) in [6, 6.07) is 7.57. The third-order valence-electron chi connectivity index (χ3n) is 2.19. The van der Waals surface area contributed by atoms with Crippen LogP contribution in [0.25, 0.3) is 11.0 Å². The van der Waals surface area contributed by atoms with E-state index in [-0.39, 0.29) is 0 Å². The van der Waals surface area contributed by atoms with Gasteiger partial charge < -0.3 is 9.99 Å². The Morgan fingerprint density at radius 2 is 2.20 bits per heavy atom. The second-order valence-corrected chi connectivity index (χ2v) is 3.82. The molecule has 0 unspecified atom stereocenters.